The predicted molar refractivity (Wildman–Crippen MR) is 99.7 cm³/mol. The van der Waals surface area contributed by atoms with Gasteiger partial charge in [0.05, 0.1) is 11.5 Å². The summed E-state index contributed by atoms with van der Waals surface area (Å²) in [6.45, 7) is 2.94. The van der Waals surface area contributed by atoms with Crippen LogP contribution in [0.25, 0.3) is 0 Å². The van der Waals surface area contributed by atoms with E-state index in [1.54, 1.807) is 18.4 Å². The molecule has 0 saturated carbocycles. The monoisotopic (exact) mass is 443 g/mol. The summed E-state index contributed by atoms with van der Waals surface area (Å²) in [4.78, 5) is 5.49. The van der Waals surface area contributed by atoms with Gasteiger partial charge in [-0.05, 0) is 17.9 Å². The third-order valence-electron chi connectivity index (χ3n) is 3.40. The largest absolute Gasteiger partial charge is 0.356 e. The fourth-order valence-electron chi connectivity index (χ4n) is 2.22. The van der Waals surface area contributed by atoms with Gasteiger partial charge in [0, 0.05) is 30.4 Å². The first kappa shape index (κ1) is 18.7. The molecule has 1 aromatic heterocycles. The lowest BCUT2D eigenvalue weighted by Gasteiger charge is -2.18. The molecule has 0 spiro atoms. The maximum Gasteiger partial charge on any atom is 0.191 e. The van der Waals surface area contributed by atoms with E-state index in [0.29, 0.717) is 18.3 Å². The third kappa shape index (κ3) is 5.74. The Bertz CT molecular complexity index is 558. The Kier molecular flexibility index (Phi) is 7.41. The van der Waals surface area contributed by atoms with Crippen LogP contribution in [0.5, 0.6) is 0 Å². The minimum atomic E-state index is -2.86. The summed E-state index contributed by atoms with van der Waals surface area (Å²) < 4.78 is 22.9. The van der Waals surface area contributed by atoms with Gasteiger partial charge in [-0.3, -0.25) is 4.99 Å². The van der Waals surface area contributed by atoms with E-state index in [2.05, 4.69) is 34.0 Å². The summed E-state index contributed by atoms with van der Waals surface area (Å²) in [6, 6.07) is 4.15. The molecular formula is C13H22IN3O2S2. The Morgan fingerprint density at radius 2 is 2.33 bits per heavy atom. The van der Waals surface area contributed by atoms with E-state index in [9.17, 15) is 8.42 Å². The zero-order chi connectivity index (χ0) is 14.6. The first-order valence-corrected chi connectivity index (χ1v) is 9.41. The van der Waals surface area contributed by atoms with Crippen molar-refractivity contribution < 1.29 is 8.42 Å². The Labute approximate surface area is 147 Å². The van der Waals surface area contributed by atoms with E-state index in [4.69, 9.17) is 0 Å². The van der Waals surface area contributed by atoms with Crippen LogP contribution < -0.4 is 10.6 Å². The van der Waals surface area contributed by atoms with Crippen molar-refractivity contribution in [1.29, 1.82) is 0 Å². The average Bonchev–Trinajstić information content (AvgIpc) is 3.03. The second kappa shape index (κ2) is 8.33. The van der Waals surface area contributed by atoms with Crippen molar-refractivity contribution in [2.45, 2.75) is 25.3 Å². The van der Waals surface area contributed by atoms with Gasteiger partial charge in [-0.2, -0.15) is 0 Å². The van der Waals surface area contributed by atoms with E-state index >= 15 is 0 Å². The number of rotatable bonds is 4. The standard InChI is InChI=1S/C13H21N3O2S2.HI/c1-10(12-4-3-6-19-12)8-15-13(14-2)16-11-5-7-20(17,18)9-11;/h3-4,6,10-11H,5,7-9H2,1-2H3,(H2,14,15,16);1H. The summed E-state index contributed by atoms with van der Waals surface area (Å²) in [5, 5.41) is 8.52. The van der Waals surface area contributed by atoms with Crippen LogP contribution in [0, 0.1) is 0 Å². The lowest BCUT2D eigenvalue weighted by atomic mass is 10.1. The normalized spacial score (nSPS) is 22.4. The molecule has 2 atom stereocenters. The molecular weight excluding hydrogens is 421 g/mol. The predicted octanol–water partition coefficient (Wildman–Crippen LogP) is 1.82. The summed E-state index contributed by atoms with van der Waals surface area (Å²) in [6.07, 6.45) is 0.656. The summed E-state index contributed by atoms with van der Waals surface area (Å²) in [7, 11) is -1.16. The van der Waals surface area contributed by atoms with Gasteiger partial charge in [0.1, 0.15) is 0 Å². The molecule has 1 fully saturated rings. The molecule has 0 bridgehead atoms. The van der Waals surface area contributed by atoms with Crippen LogP contribution in [0.2, 0.25) is 0 Å². The number of hydrogen-bond acceptors (Lipinski definition) is 4. The van der Waals surface area contributed by atoms with Gasteiger partial charge in [-0.1, -0.05) is 13.0 Å². The van der Waals surface area contributed by atoms with Crippen LogP contribution >= 0.6 is 35.3 Å². The molecule has 1 aliphatic rings. The molecule has 21 heavy (non-hydrogen) atoms. The second-order valence-electron chi connectivity index (χ2n) is 5.11. The Morgan fingerprint density at radius 1 is 1.57 bits per heavy atom. The fraction of sp³-hybridized carbons (Fsp3) is 0.615. The number of sulfone groups is 1. The highest BCUT2D eigenvalue weighted by Gasteiger charge is 2.28. The van der Waals surface area contributed by atoms with Gasteiger partial charge in [0.2, 0.25) is 0 Å². The molecule has 0 amide bonds. The van der Waals surface area contributed by atoms with Gasteiger partial charge in [-0.15, -0.1) is 35.3 Å². The van der Waals surface area contributed by atoms with Crippen molar-refractivity contribution in [3.05, 3.63) is 22.4 Å². The molecule has 8 heteroatoms. The lowest BCUT2D eigenvalue weighted by molar-refractivity contribution is 0.599. The zero-order valence-electron chi connectivity index (χ0n) is 12.2. The highest BCUT2D eigenvalue weighted by Crippen LogP contribution is 2.19. The highest BCUT2D eigenvalue weighted by atomic mass is 127. The lowest BCUT2D eigenvalue weighted by Crippen LogP contribution is -2.44. The number of nitrogens with one attached hydrogen (secondary N) is 2. The van der Waals surface area contributed by atoms with Crippen molar-refractivity contribution in [3.8, 4) is 0 Å². The number of aliphatic imine (C=N–C) groups is 1. The molecule has 5 nitrogen and oxygen atoms in total. The number of thiophene rings is 1. The average molecular weight is 443 g/mol. The SMILES string of the molecule is CN=C(NCC(C)c1cccs1)NC1CCS(=O)(=O)C1.I. The number of halogens is 1. The number of guanidine groups is 1. The van der Waals surface area contributed by atoms with Gasteiger partial charge in [0.15, 0.2) is 15.8 Å². The van der Waals surface area contributed by atoms with Crippen LogP contribution in [-0.2, 0) is 9.84 Å². The van der Waals surface area contributed by atoms with Crippen LogP contribution in [0.15, 0.2) is 22.5 Å². The molecule has 1 aromatic rings. The number of hydrogen-bond donors (Lipinski definition) is 2. The third-order valence-corrected chi connectivity index (χ3v) is 6.27. The molecule has 2 unspecified atom stereocenters. The van der Waals surface area contributed by atoms with Gasteiger partial charge in [0.25, 0.3) is 0 Å². The van der Waals surface area contributed by atoms with Crippen LogP contribution in [-0.4, -0.2) is 45.5 Å². The molecule has 2 N–H and O–H groups in total. The minimum Gasteiger partial charge on any atom is -0.356 e. The topological polar surface area (TPSA) is 70.6 Å². The van der Waals surface area contributed by atoms with E-state index in [1.807, 2.05) is 6.07 Å². The van der Waals surface area contributed by atoms with E-state index in [0.717, 1.165) is 6.54 Å². The van der Waals surface area contributed by atoms with E-state index in [1.165, 1.54) is 4.88 Å². The number of nitrogens with zero attached hydrogens (tertiary/aromatic N) is 1. The Balaban J connectivity index is 0.00000220. The summed E-state index contributed by atoms with van der Waals surface area (Å²) >= 11 is 1.74. The van der Waals surface area contributed by atoms with Crippen molar-refractivity contribution in [1.82, 2.24) is 10.6 Å². The van der Waals surface area contributed by atoms with Crippen molar-refractivity contribution in [2.75, 3.05) is 25.1 Å². The minimum absolute atomic E-state index is 0. The van der Waals surface area contributed by atoms with Crippen molar-refractivity contribution >= 4 is 51.1 Å². The van der Waals surface area contributed by atoms with Crippen molar-refractivity contribution in [2.24, 2.45) is 4.99 Å². The fourth-order valence-corrected chi connectivity index (χ4v) is 4.68. The van der Waals surface area contributed by atoms with Crippen LogP contribution in [0.4, 0.5) is 0 Å². The first-order valence-electron chi connectivity index (χ1n) is 6.71. The first-order chi connectivity index (χ1) is 9.50. The van der Waals surface area contributed by atoms with Crippen molar-refractivity contribution in [3.63, 3.8) is 0 Å². The smallest absolute Gasteiger partial charge is 0.191 e. The van der Waals surface area contributed by atoms with Crippen LogP contribution in [0.3, 0.4) is 0 Å². The maximum atomic E-state index is 11.4. The second-order valence-corrected chi connectivity index (χ2v) is 8.32. The molecule has 2 heterocycles. The summed E-state index contributed by atoms with van der Waals surface area (Å²) in [5.41, 5.74) is 0. The molecule has 0 aromatic carbocycles. The van der Waals surface area contributed by atoms with Gasteiger partial charge in [-0.25, -0.2) is 8.42 Å². The molecule has 120 valence electrons. The van der Waals surface area contributed by atoms with Gasteiger partial charge < -0.3 is 10.6 Å². The zero-order valence-corrected chi connectivity index (χ0v) is 16.2. The van der Waals surface area contributed by atoms with E-state index < -0.39 is 9.84 Å². The van der Waals surface area contributed by atoms with Gasteiger partial charge >= 0.3 is 0 Å². The molecule has 0 radical (unpaired) electrons. The highest BCUT2D eigenvalue weighted by molar-refractivity contribution is 14.0. The quantitative estimate of drug-likeness (QED) is 0.423. The molecule has 1 saturated heterocycles. The molecule has 1 aliphatic heterocycles. The molecule has 0 aliphatic carbocycles. The molecule has 2 rings (SSSR count). The summed E-state index contributed by atoms with van der Waals surface area (Å²) in [5.74, 6) is 1.55. The van der Waals surface area contributed by atoms with E-state index in [-0.39, 0.29) is 41.5 Å². The van der Waals surface area contributed by atoms with Crippen LogP contribution in [0.1, 0.15) is 24.1 Å². The Morgan fingerprint density at radius 3 is 2.86 bits per heavy atom. The maximum absolute atomic E-state index is 11.4. The Hall–Kier alpha value is -0.350.